The smallest absolute Gasteiger partial charge is 0.164 e. The van der Waals surface area contributed by atoms with E-state index in [0.29, 0.717) is 19.3 Å². The summed E-state index contributed by atoms with van der Waals surface area (Å²) in [6.07, 6.45) is 3.82. The van der Waals surface area contributed by atoms with Crippen LogP contribution in [-0.4, -0.2) is 19.8 Å². The fourth-order valence-electron chi connectivity index (χ4n) is 2.95. The highest BCUT2D eigenvalue weighted by Gasteiger charge is 2.23. The third-order valence-electron chi connectivity index (χ3n) is 4.12. The molecule has 0 saturated carbocycles. The van der Waals surface area contributed by atoms with Gasteiger partial charge in [-0.3, -0.25) is 0 Å². The first-order valence-corrected chi connectivity index (χ1v) is 6.90. The first kappa shape index (κ1) is 11.8. The predicted molar refractivity (Wildman–Crippen MR) is 71.5 cm³/mol. The molecule has 2 aliphatic heterocycles. The van der Waals surface area contributed by atoms with E-state index in [0.717, 1.165) is 18.0 Å². The van der Waals surface area contributed by atoms with Crippen molar-refractivity contribution in [3.63, 3.8) is 0 Å². The fourth-order valence-corrected chi connectivity index (χ4v) is 2.95. The second-order valence-corrected chi connectivity index (χ2v) is 5.24. The summed E-state index contributed by atoms with van der Waals surface area (Å²) >= 11 is 0. The van der Waals surface area contributed by atoms with Crippen LogP contribution in [0.2, 0.25) is 0 Å². The van der Waals surface area contributed by atoms with E-state index >= 15 is 0 Å². The van der Waals surface area contributed by atoms with Gasteiger partial charge in [0.1, 0.15) is 13.2 Å². The minimum atomic E-state index is 0.480. The molecular weight excluding hydrogens is 226 g/mol. The van der Waals surface area contributed by atoms with Crippen molar-refractivity contribution in [1.82, 2.24) is 5.32 Å². The van der Waals surface area contributed by atoms with Gasteiger partial charge in [-0.2, -0.15) is 0 Å². The van der Waals surface area contributed by atoms with Gasteiger partial charge in [0.25, 0.3) is 0 Å². The summed E-state index contributed by atoms with van der Waals surface area (Å²) in [6, 6.07) is 2.66. The molecule has 1 atom stereocenters. The van der Waals surface area contributed by atoms with Gasteiger partial charge in [0, 0.05) is 6.04 Å². The predicted octanol–water partition coefficient (Wildman–Crippen LogP) is 2.89. The van der Waals surface area contributed by atoms with E-state index in [9.17, 15) is 0 Å². The summed E-state index contributed by atoms with van der Waals surface area (Å²) in [4.78, 5) is 0. The van der Waals surface area contributed by atoms with Crippen LogP contribution in [0.15, 0.2) is 6.07 Å². The van der Waals surface area contributed by atoms with Crippen LogP contribution < -0.4 is 14.8 Å². The maximum Gasteiger partial charge on any atom is 0.164 e. The quantitative estimate of drug-likeness (QED) is 0.827. The van der Waals surface area contributed by atoms with Crippen LogP contribution in [-0.2, 0) is 0 Å². The third kappa shape index (κ3) is 1.97. The molecule has 2 heterocycles. The van der Waals surface area contributed by atoms with Gasteiger partial charge in [-0.15, -0.1) is 0 Å². The van der Waals surface area contributed by atoms with Gasteiger partial charge in [0.15, 0.2) is 11.5 Å². The largest absolute Gasteiger partial charge is 0.486 e. The summed E-state index contributed by atoms with van der Waals surface area (Å²) in [5.41, 5.74) is 3.96. The van der Waals surface area contributed by atoms with Crippen molar-refractivity contribution >= 4 is 0 Å². The maximum atomic E-state index is 5.74. The molecule has 2 aliphatic rings. The molecule has 1 aromatic rings. The molecule has 0 aromatic heterocycles. The lowest BCUT2D eigenvalue weighted by atomic mass is 9.91. The Bertz CT molecular complexity index is 450. The fraction of sp³-hybridized carbons (Fsp3) is 0.600. The van der Waals surface area contributed by atoms with Gasteiger partial charge in [0.2, 0.25) is 0 Å². The van der Waals surface area contributed by atoms with Crippen LogP contribution in [0.25, 0.3) is 0 Å². The van der Waals surface area contributed by atoms with Gasteiger partial charge >= 0.3 is 0 Å². The van der Waals surface area contributed by atoms with E-state index in [1.807, 2.05) is 0 Å². The van der Waals surface area contributed by atoms with Crippen LogP contribution in [0, 0.1) is 13.8 Å². The number of hydrogen-bond donors (Lipinski definition) is 1. The molecule has 1 aromatic carbocycles. The van der Waals surface area contributed by atoms with Crippen molar-refractivity contribution in [1.29, 1.82) is 0 Å². The zero-order valence-electron chi connectivity index (χ0n) is 11.2. The number of hydrogen-bond acceptors (Lipinski definition) is 3. The molecule has 1 N–H and O–H groups in total. The number of piperidine rings is 1. The number of fused-ring (bicyclic) bond motifs is 1. The Morgan fingerprint density at radius 1 is 1.11 bits per heavy atom. The van der Waals surface area contributed by atoms with Crippen molar-refractivity contribution in [2.75, 3.05) is 19.8 Å². The Kier molecular flexibility index (Phi) is 3.16. The molecule has 3 heteroatoms. The number of nitrogens with one attached hydrogen (secondary N) is 1. The summed E-state index contributed by atoms with van der Waals surface area (Å²) in [6.45, 7) is 6.77. The Hall–Kier alpha value is -1.22. The molecule has 3 nitrogen and oxygen atoms in total. The van der Waals surface area contributed by atoms with Crippen molar-refractivity contribution in [2.24, 2.45) is 0 Å². The molecule has 0 amide bonds. The van der Waals surface area contributed by atoms with Crippen molar-refractivity contribution in [3.8, 4) is 11.5 Å². The topological polar surface area (TPSA) is 30.5 Å². The summed E-state index contributed by atoms with van der Waals surface area (Å²) < 4.78 is 11.5. The van der Waals surface area contributed by atoms with E-state index in [1.165, 1.54) is 36.0 Å². The highest BCUT2D eigenvalue weighted by atomic mass is 16.6. The van der Waals surface area contributed by atoms with Crippen molar-refractivity contribution in [2.45, 2.75) is 39.2 Å². The standard InChI is InChI=1S/C15H21NO2/c1-10-11(2)15-14(17-7-8-18-15)9-12(10)13-5-3-4-6-16-13/h9,13,16H,3-8H2,1-2H3. The summed E-state index contributed by atoms with van der Waals surface area (Å²) in [5, 5.41) is 3.61. The second kappa shape index (κ2) is 4.81. The van der Waals surface area contributed by atoms with Crippen LogP contribution in [0.3, 0.4) is 0 Å². The van der Waals surface area contributed by atoms with Gasteiger partial charge < -0.3 is 14.8 Å². The average molecular weight is 247 g/mol. The van der Waals surface area contributed by atoms with E-state index < -0.39 is 0 Å². The van der Waals surface area contributed by atoms with Crippen LogP contribution in [0.4, 0.5) is 0 Å². The molecule has 3 rings (SSSR count). The van der Waals surface area contributed by atoms with Crippen molar-refractivity contribution < 1.29 is 9.47 Å². The zero-order valence-corrected chi connectivity index (χ0v) is 11.2. The lowest BCUT2D eigenvalue weighted by Gasteiger charge is -2.29. The molecular formula is C15H21NO2. The number of benzene rings is 1. The first-order valence-electron chi connectivity index (χ1n) is 6.90. The Morgan fingerprint density at radius 3 is 2.72 bits per heavy atom. The van der Waals surface area contributed by atoms with Crippen LogP contribution in [0.1, 0.15) is 42.0 Å². The normalized spacial score (nSPS) is 22.9. The Morgan fingerprint density at radius 2 is 1.94 bits per heavy atom. The van der Waals surface area contributed by atoms with E-state index in [2.05, 4.69) is 25.2 Å². The van der Waals surface area contributed by atoms with E-state index in [-0.39, 0.29) is 0 Å². The van der Waals surface area contributed by atoms with Crippen LogP contribution >= 0.6 is 0 Å². The van der Waals surface area contributed by atoms with Gasteiger partial charge in [-0.05, 0) is 56.0 Å². The Labute approximate surface area is 108 Å². The molecule has 0 bridgehead atoms. The first-order chi connectivity index (χ1) is 8.77. The highest BCUT2D eigenvalue weighted by Crippen LogP contribution is 2.40. The monoisotopic (exact) mass is 247 g/mol. The second-order valence-electron chi connectivity index (χ2n) is 5.24. The number of ether oxygens (including phenoxy) is 2. The molecule has 1 fully saturated rings. The molecule has 0 spiro atoms. The SMILES string of the molecule is Cc1c(C2CCCCN2)cc2c(c1C)OCCO2. The lowest BCUT2D eigenvalue weighted by Crippen LogP contribution is -2.28. The molecule has 1 unspecified atom stereocenters. The Balaban J connectivity index is 2.01. The molecule has 0 radical (unpaired) electrons. The number of rotatable bonds is 1. The third-order valence-corrected chi connectivity index (χ3v) is 4.12. The molecule has 98 valence electrons. The molecule has 18 heavy (non-hydrogen) atoms. The summed E-state index contributed by atoms with van der Waals surface area (Å²) in [7, 11) is 0. The molecule has 1 saturated heterocycles. The van der Waals surface area contributed by atoms with E-state index in [1.54, 1.807) is 0 Å². The minimum Gasteiger partial charge on any atom is -0.486 e. The van der Waals surface area contributed by atoms with Gasteiger partial charge in [-0.1, -0.05) is 6.42 Å². The van der Waals surface area contributed by atoms with Gasteiger partial charge in [-0.25, -0.2) is 0 Å². The van der Waals surface area contributed by atoms with E-state index in [4.69, 9.17) is 9.47 Å². The minimum absolute atomic E-state index is 0.480. The highest BCUT2D eigenvalue weighted by molar-refractivity contribution is 5.55. The molecule has 0 aliphatic carbocycles. The van der Waals surface area contributed by atoms with Crippen molar-refractivity contribution in [3.05, 3.63) is 22.8 Å². The summed E-state index contributed by atoms with van der Waals surface area (Å²) in [5.74, 6) is 1.87. The lowest BCUT2D eigenvalue weighted by molar-refractivity contribution is 0.170. The zero-order chi connectivity index (χ0) is 12.5. The van der Waals surface area contributed by atoms with Crippen LogP contribution in [0.5, 0.6) is 11.5 Å². The average Bonchev–Trinajstić information content (AvgIpc) is 2.44. The van der Waals surface area contributed by atoms with Gasteiger partial charge in [0.05, 0.1) is 0 Å². The maximum absolute atomic E-state index is 5.74.